The SMILES string of the molecule is CSCc1noc(C2(N)CCOCC2)n1. The van der Waals surface area contributed by atoms with Gasteiger partial charge in [0.1, 0.15) is 5.54 Å². The first-order valence-electron chi connectivity index (χ1n) is 4.93. The number of aromatic nitrogens is 2. The first-order valence-corrected chi connectivity index (χ1v) is 6.32. The van der Waals surface area contributed by atoms with Crippen LogP contribution in [0.5, 0.6) is 0 Å². The Hall–Kier alpha value is -0.590. The van der Waals surface area contributed by atoms with Crippen LogP contribution in [0, 0.1) is 0 Å². The fourth-order valence-electron chi connectivity index (χ4n) is 1.59. The number of nitrogens with two attached hydrogens (primary N) is 1. The van der Waals surface area contributed by atoms with Gasteiger partial charge >= 0.3 is 0 Å². The number of rotatable bonds is 3. The molecule has 2 heterocycles. The number of hydrogen-bond donors (Lipinski definition) is 1. The highest BCUT2D eigenvalue weighted by Crippen LogP contribution is 2.28. The van der Waals surface area contributed by atoms with Crippen LogP contribution in [-0.2, 0) is 16.0 Å². The van der Waals surface area contributed by atoms with Crippen LogP contribution in [0.15, 0.2) is 4.52 Å². The van der Waals surface area contributed by atoms with E-state index in [1.807, 2.05) is 6.26 Å². The van der Waals surface area contributed by atoms with E-state index in [1.165, 1.54) is 0 Å². The zero-order valence-electron chi connectivity index (χ0n) is 8.73. The molecule has 15 heavy (non-hydrogen) atoms. The van der Waals surface area contributed by atoms with Crippen molar-refractivity contribution in [2.75, 3.05) is 19.5 Å². The molecule has 0 amide bonds. The Balaban J connectivity index is 2.12. The fraction of sp³-hybridized carbons (Fsp3) is 0.778. The molecule has 5 nitrogen and oxygen atoms in total. The van der Waals surface area contributed by atoms with Crippen molar-refractivity contribution in [1.29, 1.82) is 0 Å². The minimum absolute atomic E-state index is 0.484. The summed E-state index contributed by atoms with van der Waals surface area (Å²) in [6.45, 7) is 1.33. The highest BCUT2D eigenvalue weighted by Gasteiger charge is 2.35. The summed E-state index contributed by atoms with van der Waals surface area (Å²) in [4.78, 5) is 4.32. The van der Waals surface area contributed by atoms with Crippen LogP contribution in [0.3, 0.4) is 0 Å². The number of nitrogens with zero attached hydrogens (tertiary/aromatic N) is 2. The van der Waals surface area contributed by atoms with Crippen LogP contribution in [0.25, 0.3) is 0 Å². The van der Waals surface area contributed by atoms with Crippen LogP contribution in [0.4, 0.5) is 0 Å². The fourth-order valence-corrected chi connectivity index (χ4v) is 1.97. The molecule has 2 rings (SSSR count). The van der Waals surface area contributed by atoms with Gasteiger partial charge in [-0.25, -0.2) is 0 Å². The molecule has 0 spiro atoms. The van der Waals surface area contributed by atoms with Crippen molar-refractivity contribution in [2.24, 2.45) is 5.73 Å². The zero-order chi connectivity index (χ0) is 10.7. The molecule has 6 heteroatoms. The van der Waals surface area contributed by atoms with Crippen molar-refractivity contribution in [3.63, 3.8) is 0 Å². The Morgan fingerprint density at radius 3 is 2.87 bits per heavy atom. The van der Waals surface area contributed by atoms with Gasteiger partial charge in [-0.3, -0.25) is 0 Å². The molecule has 0 bridgehead atoms. The summed E-state index contributed by atoms with van der Waals surface area (Å²) in [6, 6.07) is 0. The molecular weight excluding hydrogens is 214 g/mol. The predicted molar refractivity (Wildman–Crippen MR) is 57.4 cm³/mol. The van der Waals surface area contributed by atoms with E-state index in [2.05, 4.69) is 10.1 Å². The molecule has 0 atom stereocenters. The maximum atomic E-state index is 6.21. The van der Waals surface area contributed by atoms with E-state index in [0.29, 0.717) is 24.9 Å². The second kappa shape index (κ2) is 4.51. The van der Waals surface area contributed by atoms with Crippen LogP contribution >= 0.6 is 11.8 Å². The van der Waals surface area contributed by atoms with Gasteiger partial charge in [0.05, 0.1) is 5.75 Å². The van der Waals surface area contributed by atoms with Gasteiger partial charge in [-0.2, -0.15) is 16.7 Å². The maximum absolute atomic E-state index is 6.21. The van der Waals surface area contributed by atoms with Crippen LogP contribution in [-0.4, -0.2) is 29.6 Å². The second-order valence-electron chi connectivity index (χ2n) is 3.72. The number of hydrogen-bond acceptors (Lipinski definition) is 6. The lowest BCUT2D eigenvalue weighted by atomic mass is 9.91. The Labute approximate surface area is 92.7 Å². The van der Waals surface area contributed by atoms with E-state index < -0.39 is 5.54 Å². The van der Waals surface area contributed by atoms with Crippen molar-refractivity contribution in [3.05, 3.63) is 11.7 Å². The van der Waals surface area contributed by atoms with Gasteiger partial charge in [0, 0.05) is 13.2 Å². The van der Waals surface area contributed by atoms with Gasteiger partial charge in [-0.15, -0.1) is 0 Å². The minimum Gasteiger partial charge on any atom is -0.381 e. The molecule has 1 saturated heterocycles. The van der Waals surface area contributed by atoms with E-state index in [0.717, 1.165) is 18.6 Å². The number of thioether (sulfide) groups is 1. The Bertz CT molecular complexity index is 323. The summed E-state index contributed by atoms with van der Waals surface area (Å²) in [5.41, 5.74) is 5.72. The van der Waals surface area contributed by atoms with Crippen LogP contribution < -0.4 is 5.73 Å². The van der Waals surface area contributed by atoms with Crippen molar-refractivity contribution in [3.8, 4) is 0 Å². The molecule has 1 aromatic heterocycles. The van der Waals surface area contributed by atoms with Gasteiger partial charge in [0.2, 0.25) is 5.89 Å². The van der Waals surface area contributed by atoms with Gasteiger partial charge < -0.3 is 15.0 Å². The second-order valence-corrected chi connectivity index (χ2v) is 4.58. The lowest BCUT2D eigenvalue weighted by Gasteiger charge is -2.29. The summed E-state index contributed by atoms with van der Waals surface area (Å²) < 4.78 is 10.5. The standard InChI is InChI=1S/C9H15N3O2S/c1-15-6-7-11-8(14-12-7)9(10)2-4-13-5-3-9/h2-6,10H2,1H3. The molecule has 0 radical (unpaired) electrons. The molecule has 84 valence electrons. The normalized spacial score (nSPS) is 20.4. The molecule has 0 unspecified atom stereocenters. The van der Waals surface area contributed by atoms with Crippen LogP contribution in [0.2, 0.25) is 0 Å². The highest BCUT2D eigenvalue weighted by molar-refractivity contribution is 7.97. The van der Waals surface area contributed by atoms with E-state index in [4.69, 9.17) is 15.0 Å². The zero-order valence-corrected chi connectivity index (χ0v) is 9.55. The van der Waals surface area contributed by atoms with Crippen molar-refractivity contribution < 1.29 is 9.26 Å². The Morgan fingerprint density at radius 1 is 1.47 bits per heavy atom. The summed E-state index contributed by atoms with van der Waals surface area (Å²) in [5.74, 6) is 2.03. The van der Waals surface area contributed by atoms with E-state index >= 15 is 0 Å². The van der Waals surface area contributed by atoms with E-state index in [9.17, 15) is 0 Å². The predicted octanol–water partition coefficient (Wildman–Crippen LogP) is 0.897. The molecule has 1 fully saturated rings. The Morgan fingerprint density at radius 2 is 2.20 bits per heavy atom. The lowest BCUT2D eigenvalue weighted by molar-refractivity contribution is 0.0400. The molecule has 0 aliphatic carbocycles. The largest absolute Gasteiger partial charge is 0.381 e. The van der Waals surface area contributed by atoms with Gasteiger partial charge in [0.15, 0.2) is 5.82 Å². The number of ether oxygens (including phenoxy) is 1. The molecule has 1 aliphatic rings. The van der Waals surface area contributed by atoms with Crippen molar-refractivity contribution >= 4 is 11.8 Å². The third-order valence-corrected chi connectivity index (χ3v) is 3.10. The van der Waals surface area contributed by atoms with E-state index in [1.54, 1.807) is 11.8 Å². The molecule has 1 aliphatic heterocycles. The first-order chi connectivity index (χ1) is 7.24. The Kier molecular flexibility index (Phi) is 3.28. The minimum atomic E-state index is -0.484. The molecule has 0 aromatic carbocycles. The average Bonchev–Trinajstić information content (AvgIpc) is 2.69. The summed E-state index contributed by atoms with van der Waals surface area (Å²) >= 11 is 1.66. The van der Waals surface area contributed by atoms with Crippen molar-refractivity contribution in [2.45, 2.75) is 24.1 Å². The van der Waals surface area contributed by atoms with Gasteiger partial charge in [0.25, 0.3) is 0 Å². The molecular formula is C9H15N3O2S. The quantitative estimate of drug-likeness (QED) is 0.830. The molecule has 2 N–H and O–H groups in total. The third kappa shape index (κ3) is 2.32. The third-order valence-electron chi connectivity index (χ3n) is 2.55. The monoisotopic (exact) mass is 229 g/mol. The van der Waals surface area contributed by atoms with Crippen molar-refractivity contribution in [1.82, 2.24) is 10.1 Å². The summed E-state index contributed by atoms with van der Waals surface area (Å²) in [6.07, 6.45) is 3.49. The molecule has 0 saturated carbocycles. The van der Waals surface area contributed by atoms with Gasteiger partial charge in [-0.05, 0) is 19.1 Å². The highest BCUT2D eigenvalue weighted by atomic mass is 32.2. The van der Waals surface area contributed by atoms with E-state index in [-0.39, 0.29) is 0 Å². The topological polar surface area (TPSA) is 74.2 Å². The maximum Gasteiger partial charge on any atom is 0.246 e. The smallest absolute Gasteiger partial charge is 0.246 e. The average molecular weight is 229 g/mol. The van der Waals surface area contributed by atoms with Crippen LogP contribution in [0.1, 0.15) is 24.6 Å². The lowest BCUT2D eigenvalue weighted by Crippen LogP contribution is -2.42. The first kappa shape index (κ1) is 10.9. The molecule has 1 aromatic rings. The summed E-state index contributed by atoms with van der Waals surface area (Å²) in [5, 5.41) is 3.90. The summed E-state index contributed by atoms with van der Waals surface area (Å²) in [7, 11) is 0. The van der Waals surface area contributed by atoms with Gasteiger partial charge in [-0.1, -0.05) is 5.16 Å².